The molecule has 1 aliphatic heterocycles. The van der Waals surface area contributed by atoms with Gasteiger partial charge in [0.25, 0.3) is 0 Å². The fourth-order valence-electron chi connectivity index (χ4n) is 2.73. The molecule has 2 aromatic rings. The number of aromatic nitrogens is 2. The molecule has 1 aromatic carbocycles. The summed E-state index contributed by atoms with van der Waals surface area (Å²) in [6, 6.07) is 8.78. The maximum atomic E-state index is 12.5. The summed E-state index contributed by atoms with van der Waals surface area (Å²) in [7, 11) is -3.41. The third-order valence-corrected chi connectivity index (χ3v) is 5.79. The van der Waals surface area contributed by atoms with Gasteiger partial charge in [-0.15, -0.1) is 0 Å². The first-order chi connectivity index (χ1) is 11.4. The van der Waals surface area contributed by atoms with E-state index in [9.17, 15) is 13.2 Å². The highest BCUT2D eigenvalue weighted by Crippen LogP contribution is 2.24. The van der Waals surface area contributed by atoms with Crippen LogP contribution in [0.25, 0.3) is 11.4 Å². The molecule has 3 rings (SSSR count). The summed E-state index contributed by atoms with van der Waals surface area (Å²) in [5, 5.41) is 3.08. The standard InChI is InChI=1S/C15H18N4O3S2/c1-24(21,22)19-10-6-5-9-12(19)14(20)17-15-16-13(18-23-15)11-7-3-2-4-8-11/h2-4,7-8,12H,5-6,9-10H2,1H3,(H,16,17,18,20). The summed E-state index contributed by atoms with van der Waals surface area (Å²) < 4.78 is 29.2. The maximum absolute atomic E-state index is 12.5. The van der Waals surface area contributed by atoms with Gasteiger partial charge in [0, 0.05) is 23.6 Å². The van der Waals surface area contributed by atoms with Gasteiger partial charge in [0.1, 0.15) is 6.04 Å². The molecule has 7 nitrogen and oxygen atoms in total. The average molecular weight is 366 g/mol. The minimum Gasteiger partial charge on any atom is -0.299 e. The van der Waals surface area contributed by atoms with Gasteiger partial charge < -0.3 is 0 Å². The van der Waals surface area contributed by atoms with Crippen molar-refractivity contribution < 1.29 is 13.2 Å². The molecule has 1 unspecified atom stereocenters. The lowest BCUT2D eigenvalue weighted by molar-refractivity contribution is -0.120. The minimum atomic E-state index is -3.41. The van der Waals surface area contributed by atoms with Gasteiger partial charge >= 0.3 is 0 Å². The molecule has 1 amide bonds. The lowest BCUT2D eigenvalue weighted by Gasteiger charge is -2.32. The van der Waals surface area contributed by atoms with E-state index in [-0.39, 0.29) is 5.91 Å². The third kappa shape index (κ3) is 3.80. The normalized spacial score (nSPS) is 19.1. The van der Waals surface area contributed by atoms with Crippen molar-refractivity contribution in [3.05, 3.63) is 30.3 Å². The summed E-state index contributed by atoms with van der Waals surface area (Å²) >= 11 is 1.08. The molecule has 0 saturated carbocycles. The first-order valence-electron chi connectivity index (χ1n) is 7.62. The van der Waals surface area contributed by atoms with E-state index in [4.69, 9.17) is 0 Å². The van der Waals surface area contributed by atoms with Crippen LogP contribution in [-0.2, 0) is 14.8 Å². The Kier molecular flexibility index (Phi) is 4.93. The molecule has 0 radical (unpaired) electrons. The monoisotopic (exact) mass is 366 g/mol. The van der Waals surface area contributed by atoms with Crippen molar-refractivity contribution in [2.24, 2.45) is 0 Å². The van der Waals surface area contributed by atoms with E-state index in [1.165, 1.54) is 4.31 Å². The van der Waals surface area contributed by atoms with Gasteiger partial charge in [0.2, 0.25) is 21.1 Å². The van der Waals surface area contributed by atoms with Crippen molar-refractivity contribution in [1.82, 2.24) is 13.7 Å². The maximum Gasteiger partial charge on any atom is 0.244 e. The molecule has 1 fully saturated rings. The molecular formula is C15H18N4O3S2. The van der Waals surface area contributed by atoms with Crippen LogP contribution in [-0.4, -0.2) is 46.8 Å². The molecule has 1 aliphatic rings. The first-order valence-corrected chi connectivity index (χ1v) is 10.2. The quantitative estimate of drug-likeness (QED) is 0.893. The van der Waals surface area contributed by atoms with Gasteiger partial charge in [-0.25, -0.2) is 8.42 Å². The number of piperidine rings is 1. The predicted octanol–water partition coefficient (Wildman–Crippen LogP) is 1.96. The second kappa shape index (κ2) is 6.96. The van der Waals surface area contributed by atoms with Crippen LogP contribution < -0.4 is 5.32 Å². The third-order valence-electron chi connectivity index (χ3n) is 3.87. The number of hydrogen-bond acceptors (Lipinski definition) is 6. The van der Waals surface area contributed by atoms with Crippen LogP contribution >= 0.6 is 11.5 Å². The molecule has 1 aromatic heterocycles. The second-order valence-electron chi connectivity index (χ2n) is 5.66. The van der Waals surface area contributed by atoms with Gasteiger partial charge in [-0.3, -0.25) is 10.1 Å². The van der Waals surface area contributed by atoms with Crippen LogP contribution in [0, 0.1) is 0 Å². The number of hydrogen-bond donors (Lipinski definition) is 1. The fraction of sp³-hybridized carbons (Fsp3) is 0.400. The van der Waals surface area contributed by atoms with Gasteiger partial charge in [0.05, 0.1) is 6.26 Å². The highest BCUT2D eigenvalue weighted by atomic mass is 32.2. The fourth-order valence-corrected chi connectivity index (χ4v) is 4.45. The molecule has 9 heteroatoms. The van der Waals surface area contributed by atoms with Crippen molar-refractivity contribution in [3.63, 3.8) is 0 Å². The molecule has 2 heterocycles. The van der Waals surface area contributed by atoms with Crippen molar-refractivity contribution in [2.75, 3.05) is 18.1 Å². The summed E-state index contributed by atoms with van der Waals surface area (Å²) in [5.41, 5.74) is 0.865. The summed E-state index contributed by atoms with van der Waals surface area (Å²) in [6.45, 7) is 0.377. The number of nitrogens with zero attached hydrogens (tertiary/aromatic N) is 3. The molecule has 0 bridgehead atoms. The van der Waals surface area contributed by atoms with Crippen molar-refractivity contribution in [1.29, 1.82) is 0 Å². The number of amides is 1. The number of sulfonamides is 1. The van der Waals surface area contributed by atoms with Gasteiger partial charge in [0.15, 0.2) is 5.82 Å². The smallest absolute Gasteiger partial charge is 0.244 e. The Balaban J connectivity index is 1.74. The van der Waals surface area contributed by atoms with Crippen LogP contribution in [0.1, 0.15) is 19.3 Å². The van der Waals surface area contributed by atoms with Crippen LogP contribution in [0.3, 0.4) is 0 Å². The van der Waals surface area contributed by atoms with Crippen LogP contribution in [0.2, 0.25) is 0 Å². The van der Waals surface area contributed by atoms with Gasteiger partial charge in [-0.2, -0.15) is 13.7 Å². The molecule has 1 atom stereocenters. The second-order valence-corrected chi connectivity index (χ2v) is 8.35. The van der Waals surface area contributed by atoms with E-state index >= 15 is 0 Å². The van der Waals surface area contributed by atoms with Crippen molar-refractivity contribution in [2.45, 2.75) is 25.3 Å². The highest BCUT2D eigenvalue weighted by Gasteiger charge is 2.34. The van der Waals surface area contributed by atoms with E-state index < -0.39 is 16.1 Å². The topological polar surface area (TPSA) is 92.3 Å². The number of benzene rings is 1. The van der Waals surface area contributed by atoms with E-state index in [0.29, 0.717) is 23.9 Å². The number of carbonyl (C=O) groups excluding carboxylic acids is 1. The zero-order chi connectivity index (χ0) is 17.2. The van der Waals surface area contributed by atoms with E-state index in [2.05, 4.69) is 14.7 Å². The summed E-state index contributed by atoms with van der Waals surface area (Å²) in [4.78, 5) is 16.8. The lowest BCUT2D eigenvalue weighted by Crippen LogP contribution is -2.49. The van der Waals surface area contributed by atoms with E-state index in [1.807, 2.05) is 30.3 Å². The Morgan fingerprint density at radius 3 is 2.75 bits per heavy atom. The minimum absolute atomic E-state index is 0.351. The average Bonchev–Trinajstić information content (AvgIpc) is 3.03. The first kappa shape index (κ1) is 17.0. The van der Waals surface area contributed by atoms with Crippen LogP contribution in [0.4, 0.5) is 5.13 Å². The lowest BCUT2D eigenvalue weighted by atomic mass is 10.0. The Bertz CT molecular complexity index is 820. The Morgan fingerprint density at radius 1 is 1.29 bits per heavy atom. The molecular weight excluding hydrogens is 348 g/mol. The molecule has 1 N–H and O–H groups in total. The number of nitrogens with one attached hydrogen (secondary N) is 1. The molecule has 0 aliphatic carbocycles. The van der Waals surface area contributed by atoms with Gasteiger partial charge in [-0.1, -0.05) is 36.8 Å². The molecule has 24 heavy (non-hydrogen) atoms. The number of anilines is 1. The Labute approximate surface area is 144 Å². The van der Waals surface area contributed by atoms with E-state index in [1.54, 1.807) is 0 Å². The van der Waals surface area contributed by atoms with Crippen molar-refractivity contribution >= 4 is 32.6 Å². The SMILES string of the molecule is CS(=O)(=O)N1CCCCC1C(=O)Nc1nc(-c2ccccc2)ns1. The number of carbonyl (C=O) groups is 1. The Morgan fingerprint density at radius 2 is 2.04 bits per heavy atom. The van der Waals surface area contributed by atoms with Crippen LogP contribution in [0.5, 0.6) is 0 Å². The van der Waals surface area contributed by atoms with Crippen molar-refractivity contribution in [3.8, 4) is 11.4 Å². The van der Waals surface area contributed by atoms with E-state index in [0.717, 1.165) is 36.2 Å². The highest BCUT2D eigenvalue weighted by molar-refractivity contribution is 7.88. The molecule has 1 saturated heterocycles. The Hall–Kier alpha value is -1.84. The summed E-state index contributed by atoms with van der Waals surface area (Å²) in [6.07, 6.45) is 3.25. The molecule has 128 valence electrons. The predicted molar refractivity (Wildman–Crippen MR) is 93.2 cm³/mol. The van der Waals surface area contributed by atoms with Gasteiger partial charge in [-0.05, 0) is 12.8 Å². The summed E-state index contributed by atoms with van der Waals surface area (Å²) in [5.74, 6) is 0.190. The number of rotatable bonds is 4. The zero-order valence-corrected chi connectivity index (χ0v) is 14.8. The molecule has 0 spiro atoms. The van der Waals surface area contributed by atoms with Crippen LogP contribution in [0.15, 0.2) is 30.3 Å². The largest absolute Gasteiger partial charge is 0.299 e. The zero-order valence-electron chi connectivity index (χ0n) is 13.2.